The molecular weight excluding hydrogens is 272 g/mol. The molecular formula is C15H16N2O2S. The number of ketones is 1. The molecule has 0 aromatic carbocycles. The topological polar surface area (TPSA) is 62.8 Å². The van der Waals surface area contributed by atoms with Crippen molar-refractivity contribution < 1.29 is 4.79 Å². The summed E-state index contributed by atoms with van der Waals surface area (Å²) in [5.41, 5.74) is 1.86. The van der Waals surface area contributed by atoms with Crippen LogP contribution in [0.5, 0.6) is 0 Å². The summed E-state index contributed by atoms with van der Waals surface area (Å²) < 4.78 is 0. The van der Waals surface area contributed by atoms with Crippen molar-refractivity contribution in [3.05, 3.63) is 57.8 Å². The number of aromatic amines is 1. The average molecular weight is 288 g/mol. The molecule has 0 fully saturated rings. The molecule has 0 aliphatic rings. The zero-order valence-corrected chi connectivity index (χ0v) is 12.3. The van der Waals surface area contributed by atoms with Crippen LogP contribution in [0.15, 0.2) is 40.4 Å². The van der Waals surface area contributed by atoms with Gasteiger partial charge in [-0.2, -0.15) is 0 Å². The van der Waals surface area contributed by atoms with Gasteiger partial charge in [0.25, 0.3) is 5.56 Å². The van der Waals surface area contributed by atoms with Gasteiger partial charge in [0.1, 0.15) is 0 Å². The molecule has 5 heteroatoms. The van der Waals surface area contributed by atoms with E-state index in [0.717, 1.165) is 16.2 Å². The number of aromatic nitrogens is 2. The predicted octanol–water partition coefficient (Wildman–Crippen LogP) is 2.62. The van der Waals surface area contributed by atoms with Crippen LogP contribution in [-0.2, 0) is 6.42 Å². The van der Waals surface area contributed by atoms with Crippen molar-refractivity contribution in [1.29, 1.82) is 0 Å². The van der Waals surface area contributed by atoms with E-state index in [1.54, 1.807) is 42.5 Å². The first-order valence-electron chi connectivity index (χ1n) is 6.40. The third-order valence-corrected chi connectivity index (χ3v) is 3.79. The van der Waals surface area contributed by atoms with Crippen LogP contribution in [-0.4, -0.2) is 21.5 Å². The summed E-state index contributed by atoms with van der Waals surface area (Å²) in [6, 6.07) is 3.47. The highest BCUT2D eigenvalue weighted by Gasteiger charge is 2.14. The van der Waals surface area contributed by atoms with Gasteiger partial charge in [0.2, 0.25) is 0 Å². The van der Waals surface area contributed by atoms with Crippen LogP contribution in [0, 0.1) is 6.92 Å². The Balaban J connectivity index is 2.28. The van der Waals surface area contributed by atoms with Gasteiger partial charge in [-0.15, -0.1) is 11.8 Å². The normalized spacial score (nSPS) is 10.5. The third kappa shape index (κ3) is 3.36. The zero-order valence-electron chi connectivity index (χ0n) is 11.5. The van der Waals surface area contributed by atoms with Crippen molar-refractivity contribution in [2.75, 3.05) is 5.75 Å². The first kappa shape index (κ1) is 14.5. The van der Waals surface area contributed by atoms with Gasteiger partial charge >= 0.3 is 0 Å². The van der Waals surface area contributed by atoms with Gasteiger partial charge in [-0.3, -0.25) is 14.6 Å². The Morgan fingerprint density at radius 1 is 1.45 bits per heavy atom. The molecule has 0 unspecified atom stereocenters. The molecule has 0 amide bonds. The number of Topliss-reactive ketones (excluding diaryl/α,β-unsaturated/α-hetero) is 1. The smallest absolute Gasteiger partial charge is 0.251 e. The van der Waals surface area contributed by atoms with Gasteiger partial charge in [0.15, 0.2) is 5.78 Å². The quantitative estimate of drug-likeness (QED) is 0.678. The maximum Gasteiger partial charge on any atom is 0.251 e. The first-order chi connectivity index (χ1) is 9.61. The van der Waals surface area contributed by atoms with E-state index >= 15 is 0 Å². The summed E-state index contributed by atoms with van der Waals surface area (Å²) in [7, 11) is 0. The van der Waals surface area contributed by atoms with E-state index in [1.165, 1.54) is 0 Å². The van der Waals surface area contributed by atoms with Crippen LogP contribution in [0.1, 0.15) is 28.4 Å². The zero-order chi connectivity index (χ0) is 14.5. The Morgan fingerprint density at radius 3 is 3.00 bits per heavy atom. The Hall–Kier alpha value is -1.88. The van der Waals surface area contributed by atoms with E-state index in [1.807, 2.05) is 13.8 Å². The van der Waals surface area contributed by atoms with E-state index in [-0.39, 0.29) is 17.8 Å². The fraction of sp³-hybridized carbons (Fsp3) is 0.267. The maximum absolute atomic E-state index is 12.4. The summed E-state index contributed by atoms with van der Waals surface area (Å²) in [5.74, 6) is 0.816. The average Bonchev–Trinajstić information content (AvgIpc) is 2.44. The molecule has 4 nitrogen and oxygen atoms in total. The lowest BCUT2D eigenvalue weighted by atomic mass is 10.0. The van der Waals surface area contributed by atoms with E-state index in [0.29, 0.717) is 11.1 Å². The van der Waals surface area contributed by atoms with E-state index in [2.05, 4.69) is 9.97 Å². The Bertz CT molecular complexity index is 680. The molecule has 2 aromatic rings. The van der Waals surface area contributed by atoms with Crippen molar-refractivity contribution in [2.45, 2.75) is 25.2 Å². The van der Waals surface area contributed by atoms with Crippen LogP contribution in [0.3, 0.4) is 0 Å². The molecule has 20 heavy (non-hydrogen) atoms. The fourth-order valence-corrected chi connectivity index (χ4v) is 2.72. The second-order valence-corrected chi connectivity index (χ2v) is 5.74. The minimum absolute atomic E-state index is 0.0561. The number of hydrogen-bond donors (Lipinski definition) is 1. The van der Waals surface area contributed by atoms with Crippen molar-refractivity contribution in [2.24, 2.45) is 0 Å². The lowest BCUT2D eigenvalue weighted by Gasteiger charge is -2.06. The Morgan fingerprint density at radius 2 is 2.25 bits per heavy atom. The summed E-state index contributed by atoms with van der Waals surface area (Å²) >= 11 is 1.58. The van der Waals surface area contributed by atoms with Crippen molar-refractivity contribution in [1.82, 2.24) is 9.97 Å². The highest BCUT2D eigenvalue weighted by Crippen LogP contribution is 2.22. The minimum atomic E-state index is -0.206. The molecule has 0 saturated carbocycles. The number of nitrogens with zero attached hydrogens (tertiary/aromatic N) is 1. The number of H-pyrrole nitrogens is 1. The number of thioether (sulfide) groups is 1. The Labute approximate surface area is 121 Å². The standard InChI is InChI=1S/C15H16N2O2S/c1-3-20-14-9-16-5-4-12(14)13(18)7-11-6-10(2)8-17-15(11)19/h4-6,8-9H,3,7H2,1-2H3,(H,17,19). The highest BCUT2D eigenvalue weighted by molar-refractivity contribution is 7.99. The number of hydrogen-bond acceptors (Lipinski definition) is 4. The van der Waals surface area contributed by atoms with Crippen molar-refractivity contribution in [3.63, 3.8) is 0 Å². The Kier molecular flexibility index (Phi) is 4.74. The fourth-order valence-electron chi connectivity index (χ4n) is 1.93. The number of rotatable bonds is 5. The molecule has 0 bridgehead atoms. The monoisotopic (exact) mass is 288 g/mol. The number of pyridine rings is 2. The van der Waals surface area contributed by atoms with Gasteiger partial charge < -0.3 is 4.98 Å². The summed E-state index contributed by atoms with van der Waals surface area (Å²) in [6.45, 7) is 3.91. The van der Waals surface area contributed by atoms with E-state index in [4.69, 9.17) is 0 Å². The van der Waals surface area contributed by atoms with Gasteiger partial charge in [-0.25, -0.2) is 0 Å². The molecule has 2 rings (SSSR count). The molecule has 0 spiro atoms. The van der Waals surface area contributed by atoms with E-state index in [9.17, 15) is 9.59 Å². The number of aryl methyl sites for hydroxylation is 1. The molecule has 2 heterocycles. The van der Waals surface area contributed by atoms with Gasteiger partial charge in [-0.05, 0) is 30.4 Å². The second-order valence-electron chi connectivity index (χ2n) is 4.44. The highest BCUT2D eigenvalue weighted by atomic mass is 32.2. The van der Waals surface area contributed by atoms with Crippen LogP contribution in [0.4, 0.5) is 0 Å². The number of carbonyl (C=O) groups is 1. The van der Waals surface area contributed by atoms with Crippen molar-refractivity contribution >= 4 is 17.5 Å². The minimum Gasteiger partial charge on any atom is -0.329 e. The lowest BCUT2D eigenvalue weighted by molar-refractivity contribution is 0.0989. The van der Waals surface area contributed by atoms with Crippen LogP contribution < -0.4 is 5.56 Å². The molecule has 104 valence electrons. The largest absolute Gasteiger partial charge is 0.329 e. The lowest BCUT2D eigenvalue weighted by Crippen LogP contribution is -2.17. The van der Waals surface area contributed by atoms with E-state index < -0.39 is 0 Å². The summed E-state index contributed by atoms with van der Waals surface area (Å²) in [6.07, 6.45) is 5.05. The van der Waals surface area contributed by atoms with Gasteiger partial charge in [0.05, 0.1) is 0 Å². The predicted molar refractivity (Wildman–Crippen MR) is 80.5 cm³/mol. The van der Waals surface area contributed by atoms with Crippen molar-refractivity contribution in [3.8, 4) is 0 Å². The summed E-state index contributed by atoms with van der Waals surface area (Å²) in [4.78, 5) is 31.7. The van der Waals surface area contributed by atoms with Crippen LogP contribution >= 0.6 is 11.8 Å². The second kappa shape index (κ2) is 6.52. The van der Waals surface area contributed by atoms with Crippen LogP contribution in [0.25, 0.3) is 0 Å². The van der Waals surface area contributed by atoms with Crippen LogP contribution in [0.2, 0.25) is 0 Å². The SMILES string of the molecule is CCSc1cnccc1C(=O)Cc1cc(C)c[nH]c1=O. The molecule has 0 aliphatic heterocycles. The molecule has 2 aromatic heterocycles. The maximum atomic E-state index is 12.4. The van der Waals surface area contributed by atoms with Gasteiger partial charge in [-0.1, -0.05) is 6.92 Å². The number of carbonyl (C=O) groups excluding carboxylic acids is 1. The molecule has 0 radical (unpaired) electrons. The molecule has 0 saturated heterocycles. The number of nitrogens with one attached hydrogen (secondary N) is 1. The van der Waals surface area contributed by atoms with Gasteiger partial charge in [0, 0.05) is 41.0 Å². The summed E-state index contributed by atoms with van der Waals surface area (Å²) in [5, 5.41) is 0. The molecule has 1 N–H and O–H groups in total. The first-order valence-corrected chi connectivity index (χ1v) is 7.38. The third-order valence-electron chi connectivity index (χ3n) is 2.86. The molecule has 0 aliphatic carbocycles. The molecule has 0 atom stereocenters.